The molecule has 0 unspecified atom stereocenters. The highest BCUT2D eigenvalue weighted by Gasteiger charge is 2.13. The van der Waals surface area contributed by atoms with E-state index in [4.69, 9.17) is 4.99 Å². The summed E-state index contributed by atoms with van der Waals surface area (Å²) in [5.41, 5.74) is 4.65. The molecule has 0 saturated heterocycles. The van der Waals surface area contributed by atoms with Crippen LogP contribution in [-0.2, 0) is 5.41 Å². The van der Waals surface area contributed by atoms with Gasteiger partial charge in [-0.25, -0.2) is 0 Å². The number of nitrogens with one attached hydrogen (secondary N) is 1. The smallest absolute Gasteiger partial charge is 0.0665 e. The molecule has 1 rings (SSSR count). The minimum Gasteiger partial charge on any atom is -0.394 e. The number of hydrogen-bond donors (Lipinski definition) is 1. The molecule has 1 N–H and O–H groups in total. The molecule has 0 heterocycles. The first kappa shape index (κ1) is 21.7. The van der Waals surface area contributed by atoms with Crippen LogP contribution in [0.1, 0.15) is 45.7 Å². The third-order valence-electron chi connectivity index (χ3n) is 3.96. The van der Waals surface area contributed by atoms with E-state index in [0.29, 0.717) is 12.5 Å². The molecular weight excluding hydrogens is 316 g/mol. The third kappa shape index (κ3) is 7.69. The molecule has 0 aliphatic heterocycles. The highest BCUT2D eigenvalue weighted by molar-refractivity contribution is 6.08. The first-order chi connectivity index (χ1) is 12.3. The molecule has 2 nitrogen and oxygen atoms in total. The number of nitrogens with zero attached hydrogens (tertiary/aromatic N) is 1. The van der Waals surface area contributed by atoms with Gasteiger partial charge < -0.3 is 5.32 Å². The average Bonchev–Trinajstić information content (AvgIpc) is 2.59. The second kappa shape index (κ2) is 10.6. The maximum Gasteiger partial charge on any atom is 0.0665 e. The zero-order chi connectivity index (χ0) is 19.6. The van der Waals surface area contributed by atoms with Crippen LogP contribution in [0.3, 0.4) is 0 Å². The van der Waals surface area contributed by atoms with Gasteiger partial charge in [-0.2, -0.15) is 0 Å². The molecule has 0 aromatic heterocycles. The fourth-order valence-corrected chi connectivity index (χ4v) is 2.31. The summed E-state index contributed by atoms with van der Waals surface area (Å²) in [5.74, 6) is 0.538. The molecule has 26 heavy (non-hydrogen) atoms. The van der Waals surface area contributed by atoms with Gasteiger partial charge >= 0.3 is 0 Å². The Morgan fingerprint density at radius 1 is 1.19 bits per heavy atom. The molecule has 0 atom stereocenters. The van der Waals surface area contributed by atoms with Gasteiger partial charge in [-0.05, 0) is 40.3 Å². The molecule has 0 spiro atoms. The van der Waals surface area contributed by atoms with Gasteiger partial charge in [0.05, 0.1) is 12.3 Å². The Labute approximate surface area is 160 Å². The number of rotatable bonds is 8. The monoisotopic (exact) mass is 350 g/mol. The van der Waals surface area contributed by atoms with Crippen molar-refractivity contribution in [1.29, 1.82) is 0 Å². The summed E-state index contributed by atoms with van der Waals surface area (Å²) >= 11 is 0. The molecule has 0 aliphatic rings. The van der Waals surface area contributed by atoms with Crippen LogP contribution in [0.5, 0.6) is 0 Å². The lowest BCUT2D eigenvalue weighted by molar-refractivity contribution is 0.590. The molecule has 140 valence electrons. The summed E-state index contributed by atoms with van der Waals surface area (Å²) < 4.78 is 0. The molecule has 0 bridgehead atoms. The van der Waals surface area contributed by atoms with E-state index >= 15 is 0 Å². The topological polar surface area (TPSA) is 24.4 Å². The zero-order valence-electron chi connectivity index (χ0n) is 17.2. The van der Waals surface area contributed by atoms with E-state index in [-0.39, 0.29) is 5.41 Å². The largest absolute Gasteiger partial charge is 0.394 e. The Hall–Kier alpha value is -2.35. The summed E-state index contributed by atoms with van der Waals surface area (Å²) in [6.45, 7) is 15.5. The summed E-state index contributed by atoms with van der Waals surface area (Å²) in [4.78, 5) is 4.81. The van der Waals surface area contributed by atoms with Crippen LogP contribution in [0.25, 0.3) is 0 Å². The summed E-state index contributed by atoms with van der Waals surface area (Å²) in [7, 11) is 1.89. The van der Waals surface area contributed by atoms with Crippen molar-refractivity contribution in [3.05, 3.63) is 84.1 Å². The second-order valence-corrected chi connectivity index (χ2v) is 7.73. The molecule has 0 radical (unpaired) electrons. The number of allylic oxidation sites excluding steroid dienone is 4. The number of hydrogen-bond acceptors (Lipinski definition) is 2. The molecule has 0 fully saturated rings. The van der Waals surface area contributed by atoms with Crippen LogP contribution in [0.15, 0.2) is 78.0 Å². The van der Waals surface area contributed by atoms with Gasteiger partial charge in [-0.15, -0.1) is 0 Å². The lowest BCUT2D eigenvalue weighted by atomic mass is 9.86. The van der Waals surface area contributed by atoms with E-state index in [9.17, 15) is 0 Å². The second-order valence-electron chi connectivity index (χ2n) is 7.73. The summed E-state index contributed by atoms with van der Waals surface area (Å²) in [6.07, 6.45) is 12.1. The van der Waals surface area contributed by atoms with Gasteiger partial charge in [0.25, 0.3) is 0 Å². The highest BCUT2D eigenvalue weighted by atomic mass is 14.8. The quantitative estimate of drug-likeness (QED) is 0.463. The van der Waals surface area contributed by atoms with E-state index in [0.717, 1.165) is 16.8 Å². The van der Waals surface area contributed by atoms with Crippen molar-refractivity contribution in [2.75, 3.05) is 13.6 Å². The Morgan fingerprint density at radius 2 is 1.85 bits per heavy atom. The Balaban J connectivity index is 3.07. The van der Waals surface area contributed by atoms with Crippen molar-refractivity contribution >= 4 is 5.71 Å². The van der Waals surface area contributed by atoms with Gasteiger partial charge in [-0.3, -0.25) is 4.99 Å². The molecule has 1 aromatic rings. The first-order valence-electron chi connectivity index (χ1n) is 9.27. The first-order valence-corrected chi connectivity index (χ1v) is 9.27. The molecular formula is C24H34N2. The molecule has 0 aliphatic carbocycles. The van der Waals surface area contributed by atoms with E-state index < -0.39 is 0 Å². The highest BCUT2D eigenvalue weighted by Crippen LogP contribution is 2.22. The lowest BCUT2D eigenvalue weighted by Gasteiger charge is -2.19. The van der Waals surface area contributed by atoms with Crippen molar-refractivity contribution in [1.82, 2.24) is 5.32 Å². The predicted octanol–water partition coefficient (Wildman–Crippen LogP) is 5.83. The van der Waals surface area contributed by atoms with Gasteiger partial charge in [0, 0.05) is 7.05 Å². The van der Waals surface area contributed by atoms with Crippen molar-refractivity contribution in [2.45, 2.75) is 40.0 Å². The normalized spacial score (nSPS) is 13.8. The van der Waals surface area contributed by atoms with E-state index in [1.165, 1.54) is 5.56 Å². The van der Waals surface area contributed by atoms with Crippen LogP contribution in [0.4, 0.5) is 0 Å². The lowest BCUT2D eigenvalue weighted by Crippen LogP contribution is -2.11. The van der Waals surface area contributed by atoms with Crippen molar-refractivity contribution < 1.29 is 0 Å². The fraction of sp³-hybridized carbons (Fsp3) is 0.375. The molecule has 1 aromatic carbocycles. The SMILES string of the molecule is C=C/C(=C\C=C\C(C)C)C/N=C(\C=C/NC)c1ccc(C(C)(C)C)cc1. The molecule has 0 saturated carbocycles. The van der Waals surface area contributed by atoms with Gasteiger partial charge in [0.1, 0.15) is 0 Å². The maximum atomic E-state index is 4.81. The third-order valence-corrected chi connectivity index (χ3v) is 3.96. The average molecular weight is 351 g/mol. The Bertz CT molecular complexity index is 678. The summed E-state index contributed by atoms with van der Waals surface area (Å²) in [5, 5.41) is 3.04. The Kier molecular flexibility index (Phi) is 8.84. The Morgan fingerprint density at radius 3 is 2.35 bits per heavy atom. The van der Waals surface area contributed by atoms with Crippen LogP contribution in [0.2, 0.25) is 0 Å². The van der Waals surface area contributed by atoms with E-state index in [1.54, 1.807) is 0 Å². The number of benzene rings is 1. The fourth-order valence-electron chi connectivity index (χ4n) is 2.31. The standard InChI is InChI=1S/C24H34N2/c1-8-20(11-9-10-19(2)3)18-26-23(16-17-25-7)21-12-14-22(15-13-21)24(4,5)6/h8-17,19,25H,1,18H2,2-7H3/b10-9+,17-16-,20-11+,26-23+. The van der Waals surface area contributed by atoms with Crippen LogP contribution >= 0.6 is 0 Å². The minimum absolute atomic E-state index is 0.151. The van der Waals surface area contributed by atoms with E-state index in [2.05, 4.69) is 89.0 Å². The van der Waals surface area contributed by atoms with Crippen molar-refractivity contribution in [3.63, 3.8) is 0 Å². The van der Waals surface area contributed by atoms with Gasteiger partial charge in [-0.1, -0.05) is 89.8 Å². The van der Waals surface area contributed by atoms with E-state index in [1.807, 2.05) is 25.4 Å². The van der Waals surface area contributed by atoms with Crippen LogP contribution in [-0.4, -0.2) is 19.3 Å². The maximum absolute atomic E-state index is 4.81. The van der Waals surface area contributed by atoms with Crippen molar-refractivity contribution in [2.24, 2.45) is 10.9 Å². The predicted molar refractivity (Wildman–Crippen MR) is 117 cm³/mol. The minimum atomic E-state index is 0.151. The van der Waals surface area contributed by atoms with Gasteiger partial charge in [0.15, 0.2) is 0 Å². The van der Waals surface area contributed by atoms with Crippen molar-refractivity contribution in [3.8, 4) is 0 Å². The number of aliphatic imine (C=N–C) groups is 1. The summed E-state index contributed by atoms with van der Waals surface area (Å²) in [6, 6.07) is 8.67. The molecule has 2 heteroatoms. The molecule has 0 amide bonds. The zero-order valence-corrected chi connectivity index (χ0v) is 17.2. The van der Waals surface area contributed by atoms with Crippen LogP contribution < -0.4 is 5.32 Å². The van der Waals surface area contributed by atoms with Crippen LogP contribution in [0, 0.1) is 5.92 Å². The van der Waals surface area contributed by atoms with Gasteiger partial charge in [0.2, 0.25) is 0 Å².